The molecule has 0 spiro atoms. The number of halogens is 1. The van der Waals surface area contributed by atoms with Crippen LogP contribution >= 0.6 is 0 Å². The summed E-state index contributed by atoms with van der Waals surface area (Å²) in [6.07, 6.45) is 2.36. The first kappa shape index (κ1) is 10.4. The van der Waals surface area contributed by atoms with Crippen LogP contribution in [0.5, 0.6) is 0 Å². The number of hydrogen-bond donors (Lipinski definition) is 0. The maximum Gasteiger partial charge on any atom is 0.341 e. The van der Waals surface area contributed by atoms with Gasteiger partial charge in [0.1, 0.15) is 5.56 Å². The van der Waals surface area contributed by atoms with Gasteiger partial charge in [0.15, 0.2) is 5.82 Å². The summed E-state index contributed by atoms with van der Waals surface area (Å²) in [6.45, 7) is 5.30. The third kappa shape index (κ3) is 1.79. The minimum Gasteiger partial charge on any atom is -0.465 e. The quantitative estimate of drug-likeness (QED) is 0.678. The van der Waals surface area contributed by atoms with Gasteiger partial charge in [0.05, 0.1) is 13.3 Å². The van der Waals surface area contributed by atoms with Crippen LogP contribution in [0.4, 0.5) is 4.39 Å². The molecule has 0 aliphatic carbocycles. The van der Waals surface area contributed by atoms with Crippen LogP contribution in [-0.2, 0) is 4.74 Å². The second-order valence-electron chi connectivity index (χ2n) is 2.82. The number of carbonyl (C=O) groups excluding carboxylic acids is 1. The molecule has 74 valence electrons. The van der Waals surface area contributed by atoms with Crippen molar-refractivity contribution in [2.75, 3.05) is 7.11 Å². The van der Waals surface area contributed by atoms with Gasteiger partial charge in [0, 0.05) is 11.8 Å². The summed E-state index contributed by atoms with van der Waals surface area (Å²) in [6, 6.07) is 0. The molecule has 0 saturated heterocycles. The molecule has 14 heavy (non-hydrogen) atoms. The Bertz CT molecular complexity index is 388. The van der Waals surface area contributed by atoms with Gasteiger partial charge in [-0.3, -0.25) is 4.98 Å². The molecule has 0 aliphatic heterocycles. The van der Waals surface area contributed by atoms with E-state index in [9.17, 15) is 9.18 Å². The zero-order valence-electron chi connectivity index (χ0n) is 8.00. The molecule has 0 fully saturated rings. The van der Waals surface area contributed by atoms with E-state index < -0.39 is 11.8 Å². The molecule has 1 rings (SSSR count). The minimum atomic E-state index is -0.720. The van der Waals surface area contributed by atoms with Gasteiger partial charge in [-0.1, -0.05) is 6.58 Å². The van der Waals surface area contributed by atoms with Crippen LogP contribution in [0.1, 0.15) is 22.8 Å². The molecule has 0 atom stereocenters. The van der Waals surface area contributed by atoms with E-state index in [-0.39, 0.29) is 5.56 Å². The molecule has 0 radical (unpaired) electrons. The average molecular weight is 195 g/mol. The molecule has 0 aliphatic rings. The number of esters is 1. The van der Waals surface area contributed by atoms with E-state index in [0.29, 0.717) is 11.1 Å². The van der Waals surface area contributed by atoms with Crippen molar-refractivity contribution in [2.45, 2.75) is 6.92 Å². The van der Waals surface area contributed by atoms with Gasteiger partial charge in [-0.25, -0.2) is 9.18 Å². The van der Waals surface area contributed by atoms with Crippen LogP contribution < -0.4 is 0 Å². The van der Waals surface area contributed by atoms with Crippen LogP contribution in [0.2, 0.25) is 0 Å². The van der Waals surface area contributed by atoms with Crippen LogP contribution in [-0.4, -0.2) is 18.1 Å². The molecule has 0 saturated carbocycles. The van der Waals surface area contributed by atoms with Gasteiger partial charge in [-0.2, -0.15) is 0 Å². The Labute approximate surface area is 81.2 Å². The molecule has 0 unspecified atom stereocenters. The van der Waals surface area contributed by atoms with Crippen molar-refractivity contribution < 1.29 is 13.9 Å². The Morgan fingerprint density at radius 3 is 2.71 bits per heavy atom. The first-order chi connectivity index (χ1) is 6.57. The number of carbonyl (C=O) groups is 1. The highest BCUT2D eigenvalue weighted by Crippen LogP contribution is 2.19. The summed E-state index contributed by atoms with van der Waals surface area (Å²) in [5, 5.41) is 0. The molecule has 1 aromatic rings. The average Bonchev–Trinajstić information content (AvgIpc) is 2.16. The second-order valence-corrected chi connectivity index (χ2v) is 2.82. The third-order valence-corrected chi connectivity index (χ3v) is 1.75. The fraction of sp³-hybridized carbons (Fsp3) is 0.200. The molecular formula is C10H10FNO2. The lowest BCUT2D eigenvalue weighted by molar-refractivity contribution is 0.0595. The van der Waals surface area contributed by atoms with E-state index in [2.05, 4.69) is 16.3 Å². The van der Waals surface area contributed by atoms with E-state index >= 15 is 0 Å². The fourth-order valence-corrected chi connectivity index (χ4v) is 1.07. The Kier molecular flexibility index (Phi) is 2.96. The smallest absolute Gasteiger partial charge is 0.341 e. The molecule has 1 aromatic heterocycles. The van der Waals surface area contributed by atoms with Gasteiger partial charge in [-0.05, 0) is 12.5 Å². The lowest BCUT2D eigenvalue weighted by Gasteiger charge is -2.07. The first-order valence-corrected chi connectivity index (χ1v) is 3.95. The Morgan fingerprint density at radius 2 is 2.21 bits per heavy atom. The summed E-state index contributed by atoms with van der Waals surface area (Å²) in [5.41, 5.74) is 0.823. The highest BCUT2D eigenvalue weighted by atomic mass is 19.1. The molecular weight excluding hydrogens is 185 g/mol. The van der Waals surface area contributed by atoms with Gasteiger partial charge < -0.3 is 4.74 Å². The van der Waals surface area contributed by atoms with E-state index in [4.69, 9.17) is 0 Å². The van der Waals surface area contributed by atoms with Crippen molar-refractivity contribution in [1.82, 2.24) is 4.98 Å². The summed E-state index contributed by atoms with van der Waals surface area (Å²) in [4.78, 5) is 14.9. The number of hydrogen-bond acceptors (Lipinski definition) is 3. The summed E-state index contributed by atoms with van der Waals surface area (Å²) in [5.74, 6) is -1.42. The second kappa shape index (κ2) is 4.00. The van der Waals surface area contributed by atoms with E-state index in [1.54, 1.807) is 6.92 Å². The van der Waals surface area contributed by atoms with Crippen LogP contribution in [0.3, 0.4) is 0 Å². The van der Waals surface area contributed by atoms with Crippen molar-refractivity contribution in [3.05, 3.63) is 35.9 Å². The highest BCUT2D eigenvalue weighted by molar-refractivity contribution is 5.94. The van der Waals surface area contributed by atoms with Gasteiger partial charge in [0.25, 0.3) is 0 Å². The van der Waals surface area contributed by atoms with Crippen molar-refractivity contribution in [1.29, 1.82) is 0 Å². The fourth-order valence-electron chi connectivity index (χ4n) is 1.07. The normalized spacial score (nSPS) is 9.64. The van der Waals surface area contributed by atoms with Crippen LogP contribution in [0.15, 0.2) is 19.0 Å². The van der Waals surface area contributed by atoms with Crippen molar-refractivity contribution in [2.24, 2.45) is 0 Å². The van der Waals surface area contributed by atoms with Crippen molar-refractivity contribution in [3.63, 3.8) is 0 Å². The molecule has 0 N–H and O–H groups in total. The largest absolute Gasteiger partial charge is 0.465 e. The molecule has 1 heterocycles. The number of methoxy groups -OCH3 is 1. The van der Waals surface area contributed by atoms with Crippen LogP contribution in [0.25, 0.3) is 5.57 Å². The molecule has 4 heteroatoms. The highest BCUT2D eigenvalue weighted by Gasteiger charge is 2.17. The minimum absolute atomic E-state index is 0.116. The summed E-state index contributed by atoms with van der Waals surface area (Å²) < 4.78 is 17.7. The lowest BCUT2D eigenvalue weighted by Crippen LogP contribution is -2.08. The zero-order valence-corrected chi connectivity index (χ0v) is 8.00. The van der Waals surface area contributed by atoms with Gasteiger partial charge in [-0.15, -0.1) is 0 Å². The molecule has 0 bridgehead atoms. The summed E-state index contributed by atoms with van der Waals surface area (Å²) >= 11 is 0. The lowest BCUT2D eigenvalue weighted by atomic mass is 10.0. The zero-order chi connectivity index (χ0) is 10.7. The predicted octanol–water partition coefficient (Wildman–Crippen LogP) is 2.04. The molecule has 0 amide bonds. The van der Waals surface area contributed by atoms with Crippen LogP contribution in [0, 0.1) is 5.82 Å². The SMILES string of the molecule is C=C(C)c1cncc(F)c1C(=O)OC. The topological polar surface area (TPSA) is 39.2 Å². The summed E-state index contributed by atoms with van der Waals surface area (Å²) in [7, 11) is 1.20. The van der Waals surface area contributed by atoms with E-state index in [1.807, 2.05) is 0 Å². The number of ether oxygens (including phenoxy) is 1. The maximum absolute atomic E-state index is 13.2. The first-order valence-electron chi connectivity index (χ1n) is 3.95. The number of rotatable bonds is 2. The Balaban J connectivity index is 3.36. The number of nitrogens with zero attached hydrogens (tertiary/aromatic N) is 1. The number of allylic oxidation sites excluding steroid dienone is 1. The van der Waals surface area contributed by atoms with Crippen molar-refractivity contribution >= 4 is 11.5 Å². The Morgan fingerprint density at radius 1 is 1.57 bits per heavy atom. The number of aromatic nitrogens is 1. The van der Waals surface area contributed by atoms with Crippen molar-refractivity contribution in [3.8, 4) is 0 Å². The molecule has 0 aromatic carbocycles. The molecule has 3 nitrogen and oxygen atoms in total. The monoisotopic (exact) mass is 195 g/mol. The number of pyridine rings is 1. The van der Waals surface area contributed by atoms with E-state index in [1.165, 1.54) is 13.3 Å². The standard InChI is InChI=1S/C10H10FNO2/c1-6(2)7-4-12-5-8(11)9(7)10(13)14-3/h4-5H,1H2,2-3H3. The van der Waals surface area contributed by atoms with E-state index in [0.717, 1.165) is 6.20 Å². The predicted molar refractivity (Wildman–Crippen MR) is 50.2 cm³/mol. The Hall–Kier alpha value is -1.71. The van der Waals surface area contributed by atoms with Gasteiger partial charge in [0.2, 0.25) is 0 Å². The maximum atomic E-state index is 13.2. The van der Waals surface area contributed by atoms with Gasteiger partial charge >= 0.3 is 5.97 Å². The third-order valence-electron chi connectivity index (χ3n) is 1.75.